The molecule has 3 nitrogen and oxygen atoms in total. The largest absolute Gasteiger partial charge is 0.324 e. The summed E-state index contributed by atoms with van der Waals surface area (Å²) in [6, 6.07) is 15.6. The second-order valence-corrected chi connectivity index (χ2v) is 5.63. The van der Waals surface area contributed by atoms with Gasteiger partial charge in [0.25, 0.3) is 0 Å². The highest BCUT2D eigenvalue weighted by atomic mass is 35.5. The third kappa shape index (κ3) is 3.26. The number of hydrogen-bond donors (Lipinski definition) is 2. The van der Waals surface area contributed by atoms with E-state index in [4.69, 9.17) is 11.6 Å². The Morgan fingerprint density at radius 1 is 1.14 bits per heavy atom. The summed E-state index contributed by atoms with van der Waals surface area (Å²) in [6.45, 7) is 0.791. The summed E-state index contributed by atoms with van der Waals surface area (Å²) in [4.78, 5) is 12.0. The summed E-state index contributed by atoms with van der Waals surface area (Å²) in [5.74, 6) is -0.00743. The lowest BCUT2D eigenvalue weighted by molar-refractivity contribution is -0.117. The van der Waals surface area contributed by atoms with Crippen LogP contribution in [0.15, 0.2) is 48.5 Å². The van der Waals surface area contributed by atoms with Crippen molar-refractivity contribution in [3.8, 4) is 0 Å². The first-order chi connectivity index (χ1) is 10.2. The Morgan fingerprint density at radius 3 is 2.76 bits per heavy atom. The van der Waals surface area contributed by atoms with Crippen LogP contribution in [0.2, 0.25) is 5.02 Å². The molecule has 0 aliphatic carbocycles. The molecule has 0 saturated carbocycles. The van der Waals surface area contributed by atoms with Gasteiger partial charge in [0.2, 0.25) is 5.91 Å². The van der Waals surface area contributed by atoms with Crippen molar-refractivity contribution in [2.45, 2.75) is 18.9 Å². The van der Waals surface area contributed by atoms with Gasteiger partial charge in [0, 0.05) is 16.3 Å². The lowest BCUT2D eigenvalue weighted by Gasteiger charge is -2.11. The van der Waals surface area contributed by atoms with Crippen LogP contribution in [0.5, 0.6) is 0 Å². The molecule has 0 radical (unpaired) electrons. The van der Waals surface area contributed by atoms with Crippen molar-refractivity contribution in [3.05, 3.63) is 64.7 Å². The van der Waals surface area contributed by atoms with Gasteiger partial charge >= 0.3 is 0 Å². The van der Waals surface area contributed by atoms with Gasteiger partial charge in [0.1, 0.15) is 6.04 Å². The fourth-order valence-corrected chi connectivity index (χ4v) is 2.80. The maximum absolute atomic E-state index is 12.0. The van der Waals surface area contributed by atoms with Gasteiger partial charge in [-0.2, -0.15) is 0 Å². The smallest absolute Gasteiger partial charge is 0.246 e. The predicted molar refractivity (Wildman–Crippen MR) is 85.6 cm³/mol. The Bertz CT molecular complexity index is 642. The van der Waals surface area contributed by atoms with Crippen molar-refractivity contribution in [2.75, 3.05) is 11.9 Å². The monoisotopic (exact) mass is 300 g/mol. The van der Waals surface area contributed by atoms with Gasteiger partial charge in [-0.25, -0.2) is 0 Å². The number of carbonyl (C=O) groups excluding carboxylic acids is 1. The van der Waals surface area contributed by atoms with Crippen molar-refractivity contribution in [1.29, 1.82) is 0 Å². The minimum absolute atomic E-state index is 0.00743. The molecule has 21 heavy (non-hydrogen) atoms. The van der Waals surface area contributed by atoms with E-state index in [0.29, 0.717) is 5.02 Å². The van der Waals surface area contributed by atoms with Crippen LogP contribution in [0.3, 0.4) is 0 Å². The van der Waals surface area contributed by atoms with Gasteiger partial charge in [-0.05, 0) is 43.1 Å². The van der Waals surface area contributed by atoms with Crippen LogP contribution in [-0.4, -0.2) is 12.5 Å². The maximum atomic E-state index is 12.0. The summed E-state index contributed by atoms with van der Waals surface area (Å²) in [7, 11) is 0. The number of halogens is 1. The number of amides is 1. The van der Waals surface area contributed by atoms with Gasteiger partial charge in [-0.3, -0.25) is 4.79 Å². The molecule has 1 amide bonds. The lowest BCUT2D eigenvalue weighted by Crippen LogP contribution is -2.28. The zero-order chi connectivity index (χ0) is 14.7. The Morgan fingerprint density at radius 2 is 1.95 bits per heavy atom. The fraction of sp³-hybridized carbons (Fsp3) is 0.235. The SMILES string of the molecule is O=C1Nc2ccc(Cl)cc2C1NCCCc1ccccc1. The van der Waals surface area contributed by atoms with Crippen LogP contribution in [0, 0.1) is 0 Å². The van der Waals surface area contributed by atoms with Gasteiger partial charge in [0.05, 0.1) is 0 Å². The standard InChI is InChI=1S/C17H17ClN2O/c18-13-8-9-15-14(11-13)16(17(21)20-15)19-10-4-7-12-5-2-1-3-6-12/h1-3,5-6,8-9,11,16,19H,4,7,10H2,(H,20,21). The molecule has 0 saturated heterocycles. The molecule has 2 N–H and O–H groups in total. The number of fused-ring (bicyclic) bond motifs is 1. The first-order valence-corrected chi connectivity index (χ1v) is 7.49. The van der Waals surface area contributed by atoms with E-state index in [2.05, 4.69) is 22.8 Å². The topological polar surface area (TPSA) is 41.1 Å². The number of nitrogens with one attached hydrogen (secondary N) is 2. The summed E-state index contributed by atoms with van der Waals surface area (Å²) >= 11 is 6.01. The highest BCUT2D eigenvalue weighted by Crippen LogP contribution is 2.32. The van der Waals surface area contributed by atoms with E-state index in [1.54, 1.807) is 6.07 Å². The average molecular weight is 301 g/mol. The molecule has 4 heteroatoms. The third-order valence-corrected chi connectivity index (χ3v) is 3.91. The second-order valence-electron chi connectivity index (χ2n) is 5.20. The molecule has 0 spiro atoms. The average Bonchev–Trinajstić information content (AvgIpc) is 2.80. The first-order valence-electron chi connectivity index (χ1n) is 7.11. The van der Waals surface area contributed by atoms with Gasteiger partial charge in [0.15, 0.2) is 0 Å². The van der Waals surface area contributed by atoms with Crippen molar-refractivity contribution >= 4 is 23.2 Å². The molecular formula is C17H17ClN2O. The normalized spacial score (nSPS) is 16.6. The maximum Gasteiger partial charge on any atom is 0.246 e. The molecule has 0 aromatic heterocycles. The lowest BCUT2D eigenvalue weighted by atomic mass is 10.1. The summed E-state index contributed by atoms with van der Waals surface area (Å²) in [5.41, 5.74) is 3.11. The number of rotatable bonds is 5. The van der Waals surface area contributed by atoms with Crippen molar-refractivity contribution < 1.29 is 4.79 Å². The van der Waals surface area contributed by atoms with Crippen molar-refractivity contribution in [3.63, 3.8) is 0 Å². The molecule has 0 bridgehead atoms. The van der Waals surface area contributed by atoms with E-state index in [-0.39, 0.29) is 11.9 Å². The molecule has 2 aromatic carbocycles. The fourth-order valence-electron chi connectivity index (χ4n) is 2.62. The van der Waals surface area contributed by atoms with E-state index in [9.17, 15) is 4.79 Å². The van der Waals surface area contributed by atoms with E-state index in [0.717, 1.165) is 30.6 Å². The highest BCUT2D eigenvalue weighted by molar-refractivity contribution is 6.31. The molecule has 1 atom stereocenters. The Balaban J connectivity index is 1.56. The summed E-state index contributed by atoms with van der Waals surface area (Å²) in [5, 5.41) is 6.84. The molecule has 0 fully saturated rings. The first kappa shape index (κ1) is 14.1. The molecule has 3 rings (SSSR count). The zero-order valence-corrected chi connectivity index (χ0v) is 12.4. The minimum Gasteiger partial charge on any atom is -0.324 e. The Kier molecular flexibility index (Phi) is 4.23. The van der Waals surface area contributed by atoms with Crippen molar-refractivity contribution in [1.82, 2.24) is 5.32 Å². The molecule has 1 heterocycles. The summed E-state index contributed by atoms with van der Waals surface area (Å²) < 4.78 is 0. The van der Waals surface area contributed by atoms with Crippen LogP contribution in [0.4, 0.5) is 5.69 Å². The minimum atomic E-state index is -0.297. The molecule has 108 valence electrons. The number of aryl methyl sites for hydroxylation is 1. The van der Waals surface area contributed by atoms with E-state index >= 15 is 0 Å². The van der Waals surface area contributed by atoms with Gasteiger partial charge in [-0.15, -0.1) is 0 Å². The molecule has 1 unspecified atom stereocenters. The molecular weight excluding hydrogens is 284 g/mol. The third-order valence-electron chi connectivity index (χ3n) is 3.68. The quantitative estimate of drug-likeness (QED) is 0.829. The van der Waals surface area contributed by atoms with Crippen LogP contribution in [-0.2, 0) is 11.2 Å². The molecule has 1 aliphatic heterocycles. The van der Waals surface area contributed by atoms with Crippen molar-refractivity contribution in [2.24, 2.45) is 0 Å². The van der Waals surface area contributed by atoms with E-state index in [1.807, 2.05) is 30.3 Å². The van der Waals surface area contributed by atoms with Crippen LogP contribution < -0.4 is 10.6 Å². The van der Waals surface area contributed by atoms with Gasteiger partial charge < -0.3 is 10.6 Å². The Labute approximate surface area is 129 Å². The van der Waals surface area contributed by atoms with Crippen LogP contribution in [0.1, 0.15) is 23.6 Å². The van der Waals surface area contributed by atoms with Crippen LogP contribution in [0.25, 0.3) is 0 Å². The van der Waals surface area contributed by atoms with E-state index < -0.39 is 0 Å². The molecule has 1 aliphatic rings. The van der Waals surface area contributed by atoms with E-state index in [1.165, 1.54) is 5.56 Å². The second kappa shape index (κ2) is 6.29. The number of benzene rings is 2. The summed E-state index contributed by atoms with van der Waals surface area (Å²) in [6.07, 6.45) is 1.99. The molecule has 2 aromatic rings. The van der Waals surface area contributed by atoms with Crippen LogP contribution >= 0.6 is 11.6 Å². The highest BCUT2D eigenvalue weighted by Gasteiger charge is 2.29. The Hall–Kier alpha value is -1.84. The van der Waals surface area contributed by atoms with Gasteiger partial charge in [-0.1, -0.05) is 41.9 Å². The number of hydrogen-bond acceptors (Lipinski definition) is 2. The number of carbonyl (C=O) groups is 1. The number of anilines is 1. The predicted octanol–water partition coefficient (Wildman–Crippen LogP) is 3.56. The zero-order valence-electron chi connectivity index (χ0n) is 11.6.